The maximum Gasteiger partial charge on any atom is 0.326 e. The Labute approximate surface area is 95.6 Å². The van der Waals surface area contributed by atoms with E-state index in [2.05, 4.69) is 0 Å². The molecule has 4 nitrogen and oxygen atoms in total. The number of hydrogen-bond acceptors (Lipinski definition) is 2. The quantitative estimate of drug-likeness (QED) is 0.735. The molecule has 3 atom stereocenters. The van der Waals surface area contributed by atoms with Crippen molar-refractivity contribution in [3.05, 3.63) is 0 Å². The van der Waals surface area contributed by atoms with Gasteiger partial charge in [0.1, 0.15) is 6.04 Å². The normalized spacial score (nSPS) is 33.2. The first-order valence-corrected chi connectivity index (χ1v) is 5.88. The summed E-state index contributed by atoms with van der Waals surface area (Å²) in [5, 5.41) is 9.23. The first kappa shape index (κ1) is 11.4. The fourth-order valence-electron chi connectivity index (χ4n) is 2.99. The van der Waals surface area contributed by atoms with E-state index in [-0.39, 0.29) is 17.9 Å². The standard InChI is InChI=1S/C12H19NO3/c1-12(2,3)11(16)13-8-5-4-7(6-8)9(13)10(14)15/h7-9H,4-6H2,1-3H3,(H,14,15)/t7-,8+,9-/m0/s1. The van der Waals surface area contributed by atoms with E-state index in [0.29, 0.717) is 0 Å². The number of carbonyl (C=O) groups excluding carboxylic acids is 1. The van der Waals surface area contributed by atoms with Gasteiger partial charge in [-0.1, -0.05) is 20.8 Å². The molecule has 1 heterocycles. The second-order valence-electron chi connectivity index (χ2n) is 5.97. The Balaban J connectivity index is 2.26. The Bertz CT molecular complexity index is 332. The summed E-state index contributed by atoms with van der Waals surface area (Å²) < 4.78 is 0. The molecule has 0 aromatic rings. The summed E-state index contributed by atoms with van der Waals surface area (Å²) in [6.07, 6.45) is 2.80. The molecule has 90 valence electrons. The van der Waals surface area contributed by atoms with Gasteiger partial charge in [0.05, 0.1) is 0 Å². The number of rotatable bonds is 1. The van der Waals surface area contributed by atoms with Crippen LogP contribution in [0.15, 0.2) is 0 Å². The maximum absolute atomic E-state index is 12.2. The van der Waals surface area contributed by atoms with Crippen molar-refractivity contribution >= 4 is 11.9 Å². The van der Waals surface area contributed by atoms with E-state index < -0.39 is 17.4 Å². The highest BCUT2D eigenvalue weighted by molar-refractivity contribution is 5.88. The van der Waals surface area contributed by atoms with E-state index in [0.717, 1.165) is 19.3 Å². The number of carboxylic acid groups (broad SMARTS) is 1. The molecule has 1 aliphatic heterocycles. The Hall–Kier alpha value is -1.06. The number of hydrogen-bond donors (Lipinski definition) is 1. The van der Waals surface area contributed by atoms with Gasteiger partial charge < -0.3 is 10.0 Å². The monoisotopic (exact) mass is 225 g/mol. The first-order chi connectivity index (χ1) is 7.32. The lowest BCUT2D eigenvalue weighted by atomic mass is 9.91. The van der Waals surface area contributed by atoms with E-state index in [1.807, 2.05) is 20.8 Å². The van der Waals surface area contributed by atoms with E-state index in [9.17, 15) is 14.7 Å². The maximum atomic E-state index is 12.2. The molecule has 0 spiro atoms. The molecule has 4 heteroatoms. The Morgan fingerprint density at radius 2 is 1.88 bits per heavy atom. The fourth-order valence-corrected chi connectivity index (χ4v) is 2.99. The minimum Gasteiger partial charge on any atom is -0.480 e. The summed E-state index contributed by atoms with van der Waals surface area (Å²) in [6.45, 7) is 5.54. The summed E-state index contributed by atoms with van der Waals surface area (Å²) in [4.78, 5) is 25.1. The number of piperidine rings is 1. The van der Waals surface area contributed by atoms with Crippen LogP contribution in [-0.2, 0) is 9.59 Å². The van der Waals surface area contributed by atoms with Crippen molar-refractivity contribution in [3.63, 3.8) is 0 Å². The van der Waals surface area contributed by atoms with Gasteiger partial charge in [-0.25, -0.2) is 4.79 Å². The van der Waals surface area contributed by atoms with Gasteiger partial charge in [0.25, 0.3) is 0 Å². The van der Waals surface area contributed by atoms with Crippen LogP contribution in [0.4, 0.5) is 0 Å². The molecule has 2 rings (SSSR count). The van der Waals surface area contributed by atoms with E-state index >= 15 is 0 Å². The number of nitrogens with zero attached hydrogens (tertiary/aromatic N) is 1. The van der Waals surface area contributed by atoms with Crippen LogP contribution < -0.4 is 0 Å². The molecule has 0 radical (unpaired) electrons. The second-order valence-corrected chi connectivity index (χ2v) is 5.97. The van der Waals surface area contributed by atoms with Gasteiger partial charge in [0.15, 0.2) is 0 Å². The average Bonchev–Trinajstić information content (AvgIpc) is 2.72. The molecular formula is C12H19NO3. The number of fused-ring (bicyclic) bond motifs is 2. The van der Waals surface area contributed by atoms with E-state index in [1.54, 1.807) is 4.90 Å². The van der Waals surface area contributed by atoms with Gasteiger partial charge in [-0.05, 0) is 25.2 Å². The molecule has 0 aromatic heterocycles. The number of likely N-dealkylation sites (tertiary alicyclic amines) is 1. The third kappa shape index (κ3) is 1.60. The molecular weight excluding hydrogens is 206 g/mol. The summed E-state index contributed by atoms with van der Waals surface area (Å²) in [7, 11) is 0. The zero-order chi connectivity index (χ0) is 12.1. The zero-order valence-corrected chi connectivity index (χ0v) is 10.1. The van der Waals surface area contributed by atoms with Gasteiger partial charge in [-0.2, -0.15) is 0 Å². The number of amides is 1. The second kappa shape index (κ2) is 3.47. The molecule has 0 aromatic carbocycles. The van der Waals surface area contributed by atoms with Crippen molar-refractivity contribution in [2.75, 3.05) is 0 Å². The molecule has 2 aliphatic rings. The highest BCUT2D eigenvalue weighted by Crippen LogP contribution is 2.44. The molecule has 2 bridgehead atoms. The lowest BCUT2D eigenvalue weighted by Gasteiger charge is -2.36. The predicted octanol–water partition coefficient (Wildman–Crippen LogP) is 1.50. The van der Waals surface area contributed by atoms with E-state index in [4.69, 9.17) is 0 Å². The van der Waals surface area contributed by atoms with Gasteiger partial charge in [0.2, 0.25) is 5.91 Å². The van der Waals surface area contributed by atoms with Crippen LogP contribution >= 0.6 is 0 Å². The highest BCUT2D eigenvalue weighted by Gasteiger charge is 2.52. The predicted molar refractivity (Wildman–Crippen MR) is 58.9 cm³/mol. The molecule has 1 saturated heterocycles. The smallest absolute Gasteiger partial charge is 0.326 e. The van der Waals surface area contributed by atoms with Gasteiger partial charge in [-0.15, -0.1) is 0 Å². The van der Waals surface area contributed by atoms with Crippen LogP contribution in [0.5, 0.6) is 0 Å². The fraction of sp³-hybridized carbons (Fsp3) is 0.833. The third-order valence-electron chi connectivity index (χ3n) is 3.71. The summed E-state index contributed by atoms with van der Waals surface area (Å²) in [6, 6.07) is -0.414. The van der Waals surface area contributed by atoms with Crippen LogP contribution in [-0.4, -0.2) is 34.0 Å². The highest BCUT2D eigenvalue weighted by atomic mass is 16.4. The summed E-state index contributed by atoms with van der Waals surface area (Å²) in [5.41, 5.74) is -0.488. The van der Waals surface area contributed by atoms with Crippen molar-refractivity contribution in [3.8, 4) is 0 Å². The van der Waals surface area contributed by atoms with Crippen LogP contribution in [0.3, 0.4) is 0 Å². The Morgan fingerprint density at radius 1 is 1.25 bits per heavy atom. The van der Waals surface area contributed by atoms with Crippen LogP contribution in [0.2, 0.25) is 0 Å². The molecule has 2 fully saturated rings. The van der Waals surface area contributed by atoms with Crippen molar-refractivity contribution in [1.82, 2.24) is 4.90 Å². The molecule has 1 N–H and O–H groups in total. The minimum atomic E-state index is -0.843. The van der Waals surface area contributed by atoms with E-state index in [1.165, 1.54) is 0 Å². The van der Waals surface area contributed by atoms with Crippen LogP contribution in [0.1, 0.15) is 40.0 Å². The SMILES string of the molecule is CC(C)(C)C(=O)N1[C@@H]2CC[C@@H](C2)[C@H]1C(=O)O. The third-order valence-corrected chi connectivity index (χ3v) is 3.71. The largest absolute Gasteiger partial charge is 0.480 e. The number of carbonyl (C=O) groups is 2. The van der Waals surface area contributed by atoms with Crippen molar-refractivity contribution in [2.24, 2.45) is 11.3 Å². The summed E-state index contributed by atoms with van der Waals surface area (Å²) in [5.74, 6) is -0.689. The number of carboxylic acids is 1. The molecule has 0 unspecified atom stereocenters. The number of aliphatic carboxylic acids is 1. The van der Waals surface area contributed by atoms with Gasteiger partial charge in [-0.3, -0.25) is 4.79 Å². The Kier molecular flexibility index (Phi) is 2.48. The molecule has 1 aliphatic carbocycles. The first-order valence-electron chi connectivity index (χ1n) is 5.88. The van der Waals surface area contributed by atoms with Crippen molar-refractivity contribution in [1.29, 1.82) is 0 Å². The van der Waals surface area contributed by atoms with Gasteiger partial charge >= 0.3 is 5.97 Å². The lowest BCUT2D eigenvalue weighted by molar-refractivity contribution is -0.156. The molecule has 1 saturated carbocycles. The minimum absolute atomic E-state index is 0.0212. The van der Waals surface area contributed by atoms with Crippen molar-refractivity contribution in [2.45, 2.75) is 52.1 Å². The van der Waals surface area contributed by atoms with Gasteiger partial charge in [0, 0.05) is 11.5 Å². The lowest BCUT2D eigenvalue weighted by Crippen LogP contribution is -2.52. The molecule has 1 amide bonds. The molecule has 16 heavy (non-hydrogen) atoms. The van der Waals surface area contributed by atoms with Crippen molar-refractivity contribution < 1.29 is 14.7 Å². The average molecular weight is 225 g/mol. The van der Waals surface area contributed by atoms with Crippen LogP contribution in [0.25, 0.3) is 0 Å². The summed E-state index contributed by atoms with van der Waals surface area (Å²) >= 11 is 0. The zero-order valence-electron chi connectivity index (χ0n) is 10.1. The topological polar surface area (TPSA) is 57.6 Å². The Morgan fingerprint density at radius 3 is 2.38 bits per heavy atom. The van der Waals surface area contributed by atoms with Crippen LogP contribution in [0, 0.1) is 11.3 Å².